The molecule has 27 heavy (non-hydrogen) atoms. The molecule has 0 aliphatic heterocycles. The lowest BCUT2D eigenvalue weighted by atomic mass is 9.95. The lowest BCUT2D eigenvalue weighted by Gasteiger charge is -2.09. The van der Waals surface area contributed by atoms with E-state index in [-0.39, 0.29) is 0 Å². The average Bonchev–Trinajstić information content (AvgIpc) is 3.06. The van der Waals surface area contributed by atoms with Crippen LogP contribution in [0.2, 0.25) is 0 Å². The van der Waals surface area contributed by atoms with Crippen LogP contribution in [0.25, 0.3) is 33.5 Å². The first-order valence-electron chi connectivity index (χ1n) is 9.34. The van der Waals surface area contributed by atoms with Crippen molar-refractivity contribution in [1.29, 1.82) is 0 Å². The maximum atomic E-state index is 4.54. The summed E-state index contributed by atoms with van der Waals surface area (Å²) in [5, 5.41) is 0. The number of pyridine rings is 2. The molecule has 0 radical (unpaired) electrons. The van der Waals surface area contributed by atoms with Crippen LogP contribution in [-0.4, -0.2) is 4.98 Å². The van der Waals surface area contributed by atoms with Gasteiger partial charge in [-0.2, -0.15) is 0 Å². The van der Waals surface area contributed by atoms with Crippen LogP contribution in [0.4, 0.5) is 0 Å². The van der Waals surface area contributed by atoms with Gasteiger partial charge in [-0.05, 0) is 52.9 Å². The third kappa shape index (κ3) is 2.65. The normalized spacial score (nSPS) is 11.9. The number of hydrogen-bond donors (Lipinski definition) is 0. The van der Waals surface area contributed by atoms with Crippen LogP contribution in [0.3, 0.4) is 0 Å². The van der Waals surface area contributed by atoms with E-state index in [9.17, 15) is 0 Å². The number of aromatic nitrogens is 2. The highest BCUT2D eigenvalue weighted by Crippen LogP contribution is 2.38. The van der Waals surface area contributed by atoms with E-state index in [1.807, 2.05) is 12.3 Å². The van der Waals surface area contributed by atoms with Crippen molar-refractivity contribution in [2.24, 2.45) is 7.05 Å². The van der Waals surface area contributed by atoms with Gasteiger partial charge in [0.2, 0.25) is 5.69 Å². The number of rotatable bonds is 2. The number of benzene rings is 2. The highest BCUT2D eigenvalue weighted by Gasteiger charge is 2.19. The molecule has 2 aromatic heterocycles. The topological polar surface area (TPSA) is 16.8 Å². The minimum Gasteiger partial charge on any atom is -0.260 e. The molecular weight excluding hydrogens is 328 g/mol. The van der Waals surface area contributed by atoms with Crippen LogP contribution in [0, 0.1) is 6.92 Å². The Balaban J connectivity index is 1.54. The van der Waals surface area contributed by atoms with Crippen molar-refractivity contribution in [2.75, 3.05) is 0 Å². The van der Waals surface area contributed by atoms with Crippen molar-refractivity contribution in [3.63, 3.8) is 0 Å². The molecule has 0 spiro atoms. The van der Waals surface area contributed by atoms with Crippen LogP contribution in [-0.2, 0) is 13.5 Å². The molecule has 0 fully saturated rings. The summed E-state index contributed by atoms with van der Waals surface area (Å²) in [7, 11) is 2.09. The molecule has 2 heteroatoms. The van der Waals surface area contributed by atoms with Gasteiger partial charge in [0.05, 0.1) is 5.69 Å². The summed E-state index contributed by atoms with van der Waals surface area (Å²) in [6.07, 6.45) is 4.91. The second kappa shape index (κ2) is 6.17. The molecule has 130 valence electrons. The molecule has 0 unspecified atom stereocenters. The van der Waals surface area contributed by atoms with E-state index in [2.05, 4.69) is 90.4 Å². The molecule has 2 nitrogen and oxygen atoms in total. The first-order valence-corrected chi connectivity index (χ1v) is 9.34. The predicted molar refractivity (Wildman–Crippen MR) is 109 cm³/mol. The number of nitrogens with zero attached hydrogens (tertiary/aromatic N) is 2. The molecule has 0 bridgehead atoms. The molecule has 0 N–H and O–H groups in total. The summed E-state index contributed by atoms with van der Waals surface area (Å²) in [6.45, 7) is 2.19. The second-order valence-electron chi connectivity index (χ2n) is 7.27. The van der Waals surface area contributed by atoms with E-state index < -0.39 is 0 Å². The van der Waals surface area contributed by atoms with Gasteiger partial charge in [-0.25, -0.2) is 4.57 Å². The summed E-state index contributed by atoms with van der Waals surface area (Å²) in [6, 6.07) is 24.1. The minimum atomic E-state index is 0.927. The number of fused-ring (bicyclic) bond motifs is 3. The summed E-state index contributed by atoms with van der Waals surface area (Å²) in [5.74, 6) is 0. The molecule has 0 atom stereocenters. The van der Waals surface area contributed by atoms with Crippen LogP contribution >= 0.6 is 0 Å². The standard InChI is InChI=1S/C25H21N2/c1-17-14-18(8-10-21(17)25-7-3-4-13-27(25)2)19-9-11-22-20(15-19)16-24-23(22)6-5-12-26-24/h3-15H,16H2,1-2H3/q+1. The predicted octanol–water partition coefficient (Wildman–Crippen LogP) is 5.12. The molecule has 2 heterocycles. The van der Waals surface area contributed by atoms with Crippen LogP contribution < -0.4 is 4.57 Å². The summed E-state index contributed by atoms with van der Waals surface area (Å²) >= 11 is 0. The highest BCUT2D eigenvalue weighted by molar-refractivity contribution is 5.80. The molecule has 1 aliphatic carbocycles. The van der Waals surface area contributed by atoms with E-state index in [1.165, 1.54) is 50.3 Å². The molecule has 1 aliphatic rings. The Kier molecular flexibility index (Phi) is 3.64. The lowest BCUT2D eigenvalue weighted by Crippen LogP contribution is -2.30. The van der Waals surface area contributed by atoms with Crippen molar-refractivity contribution in [3.05, 3.63) is 95.9 Å². The Labute approximate surface area is 159 Å². The van der Waals surface area contributed by atoms with E-state index in [0.29, 0.717) is 0 Å². The minimum absolute atomic E-state index is 0.927. The number of aryl methyl sites for hydroxylation is 2. The average molecular weight is 349 g/mol. The highest BCUT2D eigenvalue weighted by atomic mass is 14.9. The maximum absolute atomic E-state index is 4.54. The van der Waals surface area contributed by atoms with Crippen molar-refractivity contribution in [2.45, 2.75) is 13.3 Å². The Morgan fingerprint density at radius 2 is 1.63 bits per heavy atom. The van der Waals surface area contributed by atoms with E-state index in [4.69, 9.17) is 0 Å². The van der Waals surface area contributed by atoms with Crippen LogP contribution in [0.15, 0.2) is 79.1 Å². The fourth-order valence-corrected chi connectivity index (χ4v) is 4.12. The van der Waals surface area contributed by atoms with Crippen LogP contribution in [0.5, 0.6) is 0 Å². The van der Waals surface area contributed by atoms with Gasteiger partial charge in [0.1, 0.15) is 7.05 Å². The van der Waals surface area contributed by atoms with Crippen LogP contribution in [0.1, 0.15) is 16.8 Å². The fraction of sp³-hybridized carbons (Fsp3) is 0.120. The van der Waals surface area contributed by atoms with Crippen molar-refractivity contribution < 1.29 is 4.57 Å². The first kappa shape index (κ1) is 16.0. The maximum Gasteiger partial charge on any atom is 0.212 e. The van der Waals surface area contributed by atoms with E-state index >= 15 is 0 Å². The third-order valence-electron chi connectivity index (χ3n) is 5.53. The third-order valence-corrected chi connectivity index (χ3v) is 5.53. The fourth-order valence-electron chi connectivity index (χ4n) is 4.12. The van der Waals surface area contributed by atoms with Crippen molar-refractivity contribution >= 4 is 0 Å². The Morgan fingerprint density at radius 3 is 2.44 bits per heavy atom. The van der Waals surface area contributed by atoms with Gasteiger partial charge in [0.15, 0.2) is 6.20 Å². The zero-order chi connectivity index (χ0) is 18.4. The number of hydrogen-bond acceptors (Lipinski definition) is 1. The van der Waals surface area contributed by atoms with E-state index in [1.54, 1.807) is 0 Å². The monoisotopic (exact) mass is 349 g/mol. The molecule has 0 saturated heterocycles. The molecule has 2 aromatic carbocycles. The molecule has 5 rings (SSSR count). The Hall–Kier alpha value is -3.26. The van der Waals surface area contributed by atoms with Gasteiger partial charge in [-0.3, -0.25) is 4.98 Å². The molecule has 4 aromatic rings. The van der Waals surface area contributed by atoms with Gasteiger partial charge in [0.25, 0.3) is 0 Å². The quantitative estimate of drug-likeness (QED) is 0.404. The lowest BCUT2D eigenvalue weighted by molar-refractivity contribution is -0.660. The Bertz CT molecular complexity index is 1170. The van der Waals surface area contributed by atoms with Crippen molar-refractivity contribution in [1.82, 2.24) is 4.98 Å². The Morgan fingerprint density at radius 1 is 0.815 bits per heavy atom. The molecule has 0 amide bonds. The molecule has 0 saturated carbocycles. The smallest absolute Gasteiger partial charge is 0.212 e. The zero-order valence-corrected chi connectivity index (χ0v) is 15.6. The van der Waals surface area contributed by atoms with Gasteiger partial charge in [-0.1, -0.05) is 36.4 Å². The SMILES string of the molecule is Cc1cc(-c2ccc3c(c2)Cc2ncccc2-3)ccc1-c1cccc[n+]1C. The molecular formula is C25H21N2+. The van der Waals surface area contributed by atoms with Crippen molar-refractivity contribution in [3.8, 4) is 33.5 Å². The van der Waals surface area contributed by atoms with Gasteiger partial charge in [-0.15, -0.1) is 0 Å². The van der Waals surface area contributed by atoms with Gasteiger partial charge < -0.3 is 0 Å². The zero-order valence-electron chi connectivity index (χ0n) is 15.6. The van der Waals surface area contributed by atoms with E-state index in [0.717, 1.165) is 6.42 Å². The van der Waals surface area contributed by atoms with Gasteiger partial charge >= 0.3 is 0 Å². The first-order chi connectivity index (χ1) is 13.2. The summed E-state index contributed by atoms with van der Waals surface area (Å²) in [5.41, 5.74) is 11.5. The largest absolute Gasteiger partial charge is 0.260 e. The van der Waals surface area contributed by atoms with Gasteiger partial charge in [0, 0.05) is 35.9 Å². The second-order valence-corrected chi connectivity index (χ2v) is 7.27. The summed E-state index contributed by atoms with van der Waals surface area (Å²) < 4.78 is 2.17. The summed E-state index contributed by atoms with van der Waals surface area (Å²) in [4.78, 5) is 4.54.